The molecule has 2 aromatic carbocycles. The van der Waals surface area contributed by atoms with Gasteiger partial charge in [-0.2, -0.15) is 0 Å². The van der Waals surface area contributed by atoms with Crippen LogP contribution in [0.1, 0.15) is 96.6 Å². The molecule has 0 unspecified atom stereocenters. The Balaban J connectivity index is 1.70. The fourth-order valence-corrected chi connectivity index (χ4v) is 6.23. The molecule has 0 radical (unpaired) electrons. The van der Waals surface area contributed by atoms with Crippen LogP contribution in [0.2, 0.25) is 0 Å². The van der Waals surface area contributed by atoms with Gasteiger partial charge in [-0.05, 0) is 89.0 Å². The zero-order chi connectivity index (χ0) is 36.6. The van der Waals surface area contributed by atoms with Crippen LogP contribution in [-0.4, -0.2) is 71.4 Å². The molecule has 0 aliphatic carbocycles. The fraction of sp³-hybridized carbons (Fsp3) is 0.575. The van der Waals surface area contributed by atoms with Gasteiger partial charge in [0, 0.05) is 19.3 Å². The molecule has 50 heavy (non-hydrogen) atoms. The number of phenolic OH excluding ortho intramolecular Hbond substituents is 1. The number of aromatic hydroxyl groups is 1. The summed E-state index contributed by atoms with van der Waals surface area (Å²) >= 11 is 0. The maximum absolute atomic E-state index is 14.0. The van der Waals surface area contributed by atoms with Crippen molar-refractivity contribution in [2.45, 2.75) is 121 Å². The van der Waals surface area contributed by atoms with E-state index in [-0.39, 0.29) is 18.6 Å². The number of phenols is 1. The molecule has 1 aliphatic heterocycles. The summed E-state index contributed by atoms with van der Waals surface area (Å²) in [7, 11) is 1.22. The Morgan fingerprint density at radius 3 is 2.18 bits per heavy atom. The molecule has 2 aromatic rings. The molecule has 1 heterocycles. The first kappa shape index (κ1) is 40.7. The molecule has 10 heteroatoms. The van der Waals surface area contributed by atoms with E-state index < -0.39 is 46.8 Å². The zero-order valence-electron chi connectivity index (χ0n) is 30.5. The number of hydrogen-bond donors (Lipinski definition) is 3. The van der Waals surface area contributed by atoms with Crippen molar-refractivity contribution in [3.8, 4) is 5.75 Å². The number of amides is 1. The first-order valence-electron chi connectivity index (χ1n) is 17.9. The van der Waals surface area contributed by atoms with Gasteiger partial charge >= 0.3 is 11.9 Å². The van der Waals surface area contributed by atoms with Crippen LogP contribution in [0.4, 0.5) is 0 Å². The Labute approximate surface area is 297 Å². The quantitative estimate of drug-likeness (QED) is 0.0821. The second-order valence-corrected chi connectivity index (χ2v) is 14.1. The van der Waals surface area contributed by atoms with E-state index in [2.05, 4.69) is 29.6 Å². The number of hydrogen-bond acceptors (Lipinski definition) is 9. The summed E-state index contributed by atoms with van der Waals surface area (Å²) in [6, 6.07) is 15.6. The number of nitrogens with one attached hydrogen (secondary N) is 1. The monoisotopic (exact) mass is 695 g/mol. The second-order valence-electron chi connectivity index (χ2n) is 14.1. The molecule has 276 valence electrons. The minimum atomic E-state index is -2.18. The Kier molecular flexibility index (Phi) is 16.0. The molecule has 0 spiro atoms. The highest BCUT2D eigenvalue weighted by molar-refractivity contribution is 5.93. The molecule has 1 saturated heterocycles. The molecule has 1 fully saturated rings. The molecule has 0 saturated carbocycles. The van der Waals surface area contributed by atoms with Gasteiger partial charge in [-0.15, -0.1) is 0 Å². The number of allylic oxidation sites excluding steroid dienone is 1. The molecule has 0 bridgehead atoms. The molecule has 10 nitrogen and oxygen atoms in total. The van der Waals surface area contributed by atoms with E-state index in [0.29, 0.717) is 31.6 Å². The first-order chi connectivity index (χ1) is 23.8. The predicted molar refractivity (Wildman–Crippen MR) is 191 cm³/mol. The molecular weight excluding hydrogens is 638 g/mol. The first-order valence-corrected chi connectivity index (χ1v) is 17.9. The highest BCUT2D eigenvalue weighted by atomic mass is 16.7. The van der Waals surface area contributed by atoms with Gasteiger partial charge < -0.3 is 34.5 Å². The summed E-state index contributed by atoms with van der Waals surface area (Å²) in [6.45, 7) is 8.05. The Bertz CT molecular complexity index is 1360. The van der Waals surface area contributed by atoms with Crippen LogP contribution in [0.15, 0.2) is 66.7 Å². The van der Waals surface area contributed by atoms with Crippen molar-refractivity contribution >= 4 is 17.8 Å². The number of aliphatic hydroxyl groups is 1. The lowest BCUT2D eigenvalue weighted by atomic mass is 9.81. The Hall–Kier alpha value is -3.73. The van der Waals surface area contributed by atoms with E-state index in [1.54, 1.807) is 52.0 Å². The number of benzene rings is 2. The highest BCUT2D eigenvalue weighted by Crippen LogP contribution is 2.33. The van der Waals surface area contributed by atoms with Crippen molar-refractivity contribution < 1.29 is 43.5 Å². The normalized spacial score (nSPS) is 16.8. The SMILES string of the molecule is CCC[C@@](O)(C(=O)OC(C)(C)C)[C@H](/C=C/CCCCC1(CCCCc2ccccc2)OCCO1)C(=O)N[C@@H](Cc1ccc(O)cc1)C(=O)OC. The largest absolute Gasteiger partial charge is 0.508 e. The van der Waals surface area contributed by atoms with Crippen molar-refractivity contribution in [2.24, 2.45) is 5.92 Å². The van der Waals surface area contributed by atoms with Crippen LogP contribution in [0.25, 0.3) is 0 Å². The molecule has 3 N–H and O–H groups in total. The number of carbonyl (C=O) groups is 3. The van der Waals surface area contributed by atoms with Gasteiger partial charge in [0.05, 0.1) is 26.2 Å². The van der Waals surface area contributed by atoms with Crippen molar-refractivity contribution in [1.29, 1.82) is 0 Å². The van der Waals surface area contributed by atoms with Crippen LogP contribution in [0.5, 0.6) is 5.75 Å². The Morgan fingerprint density at radius 1 is 0.940 bits per heavy atom. The summed E-state index contributed by atoms with van der Waals surface area (Å²) in [6.07, 6.45) is 10.6. The molecule has 0 aromatic heterocycles. The van der Waals surface area contributed by atoms with Gasteiger partial charge in [0.15, 0.2) is 11.4 Å². The summed E-state index contributed by atoms with van der Waals surface area (Å²) in [5.41, 5.74) is -1.09. The number of rotatable bonds is 20. The molecular formula is C40H57NO9. The van der Waals surface area contributed by atoms with E-state index in [9.17, 15) is 24.6 Å². The van der Waals surface area contributed by atoms with Crippen molar-refractivity contribution in [2.75, 3.05) is 20.3 Å². The summed E-state index contributed by atoms with van der Waals surface area (Å²) in [5, 5.41) is 24.3. The lowest BCUT2D eigenvalue weighted by Crippen LogP contribution is -2.56. The molecule has 3 atom stereocenters. The third kappa shape index (κ3) is 12.9. The van der Waals surface area contributed by atoms with E-state index in [1.807, 2.05) is 6.07 Å². The van der Waals surface area contributed by atoms with Gasteiger partial charge in [-0.3, -0.25) is 4.79 Å². The van der Waals surface area contributed by atoms with E-state index >= 15 is 0 Å². The van der Waals surface area contributed by atoms with Crippen LogP contribution < -0.4 is 5.32 Å². The van der Waals surface area contributed by atoms with Gasteiger partial charge in [0.2, 0.25) is 5.91 Å². The van der Waals surface area contributed by atoms with Crippen molar-refractivity contribution in [1.82, 2.24) is 5.32 Å². The molecule has 3 rings (SSSR count). The lowest BCUT2D eigenvalue weighted by Gasteiger charge is -2.35. The van der Waals surface area contributed by atoms with Crippen LogP contribution >= 0.6 is 0 Å². The van der Waals surface area contributed by atoms with E-state index in [1.165, 1.54) is 24.8 Å². The van der Waals surface area contributed by atoms with Crippen molar-refractivity contribution in [3.63, 3.8) is 0 Å². The third-order valence-corrected chi connectivity index (χ3v) is 8.80. The number of carbonyl (C=O) groups excluding carboxylic acids is 3. The Morgan fingerprint density at radius 2 is 1.58 bits per heavy atom. The fourth-order valence-electron chi connectivity index (χ4n) is 6.23. The van der Waals surface area contributed by atoms with Crippen LogP contribution in [0.3, 0.4) is 0 Å². The van der Waals surface area contributed by atoms with Gasteiger partial charge in [-0.25, -0.2) is 9.59 Å². The molecule has 1 aliphatic rings. The number of aryl methyl sites for hydroxylation is 1. The standard InChI is InChI=1S/C40H57NO9/c1-6-24-40(46,37(45)50-38(2,3)4)33(35(43)41-34(36(44)47-5)29-31-20-22-32(42)23-21-31)19-12-7-8-14-25-39(48-27-28-49-39)26-15-13-18-30-16-10-9-11-17-30/h9-12,16-17,19-23,33-34,42,46H,6-8,13-15,18,24-29H2,1-5H3,(H,41,43)/b19-12+/t33-,34+,40+/m1/s1. The average molecular weight is 696 g/mol. The second kappa shape index (κ2) is 19.6. The number of unbranched alkanes of at least 4 members (excludes halogenated alkanes) is 3. The maximum atomic E-state index is 14.0. The smallest absolute Gasteiger partial charge is 0.339 e. The number of methoxy groups -OCH3 is 1. The van der Waals surface area contributed by atoms with Gasteiger partial charge in [-0.1, -0.05) is 68.0 Å². The zero-order valence-corrected chi connectivity index (χ0v) is 30.5. The predicted octanol–water partition coefficient (Wildman–Crippen LogP) is 6.35. The maximum Gasteiger partial charge on any atom is 0.339 e. The van der Waals surface area contributed by atoms with Gasteiger partial charge in [0.1, 0.15) is 17.4 Å². The lowest BCUT2D eigenvalue weighted by molar-refractivity contribution is -0.184. The van der Waals surface area contributed by atoms with Gasteiger partial charge in [0.25, 0.3) is 0 Å². The minimum Gasteiger partial charge on any atom is -0.508 e. The van der Waals surface area contributed by atoms with Crippen LogP contribution in [0, 0.1) is 5.92 Å². The topological polar surface area (TPSA) is 141 Å². The molecule has 1 amide bonds. The van der Waals surface area contributed by atoms with Crippen molar-refractivity contribution in [3.05, 3.63) is 77.9 Å². The van der Waals surface area contributed by atoms with E-state index in [4.69, 9.17) is 18.9 Å². The average Bonchev–Trinajstić information content (AvgIpc) is 3.55. The third-order valence-electron chi connectivity index (χ3n) is 8.80. The highest BCUT2D eigenvalue weighted by Gasteiger charge is 2.49. The van der Waals surface area contributed by atoms with Crippen LogP contribution in [-0.2, 0) is 46.2 Å². The summed E-state index contributed by atoms with van der Waals surface area (Å²) in [4.78, 5) is 40.2. The summed E-state index contributed by atoms with van der Waals surface area (Å²) in [5.74, 6) is -4.16. The summed E-state index contributed by atoms with van der Waals surface area (Å²) < 4.78 is 22.8. The van der Waals surface area contributed by atoms with E-state index in [0.717, 1.165) is 44.9 Å². The number of ether oxygens (including phenoxy) is 4. The minimum absolute atomic E-state index is 0.0351. The number of esters is 2.